The summed E-state index contributed by atoms with van der Waals surface area (Å²) in [6.07, 6.45) is 2.96. The maximum atomic E-state index is 3.20. The van der Waals surface area contributed by atoms with E-state index in [-0.39, 0.29) is 0 Å². The molecule has 0 aliphatic heterocycles. The monoisotopic (exact) mass is 164 g/mol. The second kappa shape index (κ2) is 2.41. The molecule has 0 nitrogen and oxygen atoms in total. The summed E-state index contributed by atoms with van der Waals surface area (Å²) in [5.74, 6) is 6.31. The molecule has 2 aliphatic rings. The molecule has 0 heteroatoms. The molecule has 0 unspecified atom stereocenters. The highest BCUT2D eigenvalue weighted by molar-refractivity contribution is 5.78. The van der Waals surface area contributed by atoms with Gasteiger partial charge < -0.3 is 0 Å². The van der Waals surface area contributed by atoms with Gasteiger partial charge >= 0.3 is 0 Å². The SMILES string of the molecule is C1#CCC2=C(C1)Cc1ccc#cc12. The standard InChI is InChI=1S/C13H8/c1-3-7-12-10(5-1)9-11-6-2-4-8-13(11)12/h1,5H,6,8-9H2. The highest BCUT2D eigenvalue weighted by atomic mass is 14.2. The smallest absolute Gasteiger partial charge is 0.0352 e. The summed E-state index contributed by atoms with van der Waals surface area (Å²) in [5.41, 5.74) is 5.59. The Morgan fingerprint density at radius 2 is 2.08 bits per heavy atom. The van der Waals surface area contributed by atoms with Gasteiger partial charge in [0, 0.05) is 18.4 Å². The molecule has 0 amide bonds. The van der Waals surface area contributed by atoms with Gasteiger partial charge in [-0.2, -0.15) is 0 Å². The maximum absolute atomic E-state index is 3.20. The molecule has 0 heterocycles. The van der Waals surface area contributed by atoms with Crippen molar-refractivity contribution in [3.63, 3.8) is 0 Å². The third kappa shape index (κ3) is 0.895. The second-order valence-corrected chi connectivity index (χ2v) is 3.47. The first kappa shape index (κ1) is 6.81. The Morgan fingerprint density at radius 1 is 1.15 bits per heavy atom. The van der Waals surface area contributed by atoms with E-state index in [0.29, 0.717) is 0 Å². The summed E-state index contributed by atoms with van der Waals surface area (Å²) in [7, 11) is 0. The van der Waals surface area contributed by atoms with Crippen LogP contribution in [-0.4, -0.2) is 0 Å². The van der Waals surface area contributed by atoms with Crippen LogP contribution in [0.1, 0.15) is 24.0 Å². The lowest BCUT2D eigenvalue weighted by molar-refractivity contribution is 1.11. The van der Waals surface area contributed by atoms with Gasteiger partial charge in [0.1, 0.15) is 0 Å². The summed E-state index contributed by atoms with van der Waals surface area (Å²) in [4.78, 5) is 0. The molecule has 1 aromatic rings. The Labute approximate surface area is 78.3 Å². The molecule has 2 aliphatic carbocycles. The summed E-state index contributed by atoms with van der Waals surface area (Å²) in [6.45, 7) is 0. The van der Waals surface area contributed by atoms with Crippen LogP contribution in [0.5, 0.6) is 0 Å². The highest BCUT2D eigenvalue weighted by Crippen LogP contribution is 2.36. The molecule has 0 fully saturated rings. The fourth-order valence-electron chi connectivity index (χ4n) is 2.05. The van der Waals surface area contributed by atoms with Gasteiger partial charge in [0.2, 0.25) is 0 Å². The van der Waals surface area contributed by atoms with Crippen molar-refractivity contribution < 1.29 is 0 Å². The normalized spacial score (nSPS) is 16.9. The first-order valence-corrected chi connectivity index (χ1v) is 4.53. The topological polar surface area (TPSA) is 0 Å². The van der Waals surface area contributed by atoms with Crippen molar-refractivity contribution in [3.8, 4) is 11.8 Å². The van der Waals surface area contributed by atoms with Gasteiger partial charge in [0.15, 0.2) is 0 Å². The lowest BCUT2D eigenvalue weighted by Crippen LogP contribution is -1.88. The van der Waals surface area contributed by atoms with E-state index < -0.39 is 0 Å². The molecule has 3 rings (SSSR count). The average Bonchev–Trinajstić information content (AvgIpc) is 2.56. The van der Waals surface area contributed by atoms with Gasteiger partial charge in [0.25, 0.3) is 0 Å². The Morgan fingerprint density at radius 3 is 3.08 bits per heavy atom. The fourth-order valence-corrected chi connectivity index (χ4v) is 2.05. The molecule has 0 radical (unpaired) electrons. The molecule has 0 saturated carbocycles. The summed E-state index contributed by atoms with van der Waals surface area (Å²) < 4.78 is 0. The first-order valence-electron chi connectivity index (χ1n) is 4.53. The minimum Gasteiger partial charge on any atom is -0.0985 e. The van der Waals surface area contributed by atoms with Gasteiger partial charge in [-0.05, 0) is 35.3 Å². The van der Waals surface area contributed by atoms with Crippen LogP contribution in [0.15, 0.2) is 17.7 Å². The average molecular weight is 164 g/mol. The van der Waals surface area contributed by atoms with Crippen LogP contribution in [-0.2, 0) is 6.42 Å². The largest absolute Gasteiger partial charge is 0.0985 e. The zero-order valence-electron chi connectivity index (χ0n) is 7.28. The predicted octanol–water partition coefficient (Wildman–Crippen LogP) is 2.39. The van der Waals surface area contributed by atoms with Gasteiger partial charge in [-0.15, -0.1) is 0 Å². The van der Waals surface area contributed by atoms with Crippen molar-refractivity contribution >= 4 is 5.57 Å². The first-order chi connectivity index (χ1) is 6.45. The maximum Gasteiger partial charge on any atom is 0.0352 e. The van der Waals surface area contributed by atoms with Crippen molar-refractivity contribution in [3.05, 3.63) is 41.0 Å². The number of fused-ring (bicyclic) bond motifs is 2. The van der Waals surface area contributed by atoms with E-state index in [1.54, 1.807) is 0 Å². The van der Waals surface area contributed by atoms with Crippen molar-refractivity contribution in [1.82, 2.24) is 0 Å². The predicted molar refractivity (Wildman–Crippen MR) is 51.7 cm³/mol. The van der Waals surface area contributed by atoms with E-state index in [9.17, 15) is 0 Å². The molecule has 0 aromatic heterocycles. The molecule has 0 saturated heterocycles. The van der Waals surface area contributed by atoms with E-state index >= 15 is 0 Å². The molecule has 0 spiro atoms. The minimum atomic E-state index is 0.913. The summed E-state index contributed by atoms with van der Waals surface area (Å²) in [5, 5.41) is 0. The van der Waals surface area contributed by atoms with Crippen LogP contribution in [0.3, 0.4) is 0 Å². The Hall–Kier alpha value is -1.66. The molecule has 1 aromatic carbocycles. The van der Waals surface area contributed by atoms with Crippen LogP contribution in [0.25, 0.3) is 5.57 Å². The molecule has 0 bridgehead atoms. The van der Waals surface area contributed by atoms with Crippen LogP contribution in [0.4, 0.5) is 0 Å². The van der Waals surface area contributed by atoms with Crippen LogP contribution in [0.2, 0.25) is 0 Å². The quantitative estimate of drug-likeness (QED) is 0.516. The summed E-state index contributed by atoms with van der Waals surface area (Å²) >= 11 is 0. The Balaban J connectivity index is 2.15. The molecule has 13 heavy (non-hydrogen) atoms. The molecule has 0 N–H and O–H groups in total. The molecule has 60 valence electrons. The lowest BCUT2D eigenvalue weighted by Gasteiger charge is -2.03. The number of hydrogen-bond donors (Lipinski definition) is 0. The van der Waals surface area contributed by atoms with Crippen molar-refractivity contribution in [2.24, 2.45) is 0 Å². The van der Waals surface area contributed by atoms with Gasteiger partial charge in [-0.1, -0.05) is 24.0 Å². The van der Waals surface area contributed by atoms with Crippen molar-refractivity contribution in [2.75, 3.05) is 0 Å². The van der Waals surface area contributed by atoms with Gasteiger partial charge in [0.05, 0.1) is 0 Å². The van der Waals surface area contributed by atoms with Crippen molar-refractivity contribution in [2.45, 2.75) is 19.3 Å². The van der Waals surface area contributed by atoms with Crippen LogP contribution in [0, 0.1) is 24.0 Å². The molecular formula is C13H8. The minimum absolute atomic E-state index is 0.913. The second-order valence-electron chi connectivity index (χ2n) is 3.47. The van der Waals surface area contributed by atoms with E-state index in [4.69, 9.17) is 0 Å². The summed E-state index contributed by atoms with van der Waals surface area (Å²) in [6, 6.07) is 10.3. The molecule has 0 atom stereocenters. The lowest BCUT2D eigenvalue weighted by atomic mass is 9.99. The van der Waals surface area contributed by atoms with E-state index in [1.165, 1.54) is 22.3 Å². The van der Waals surface area contributed by atoms with Crippen LogP contribution >= 0.6 is 0 Å². The third-order valence-electron chi connectivity index (χ3n) is 2.71. The third-order valence-corrected chi connectivity index (χ3v) is 2.71. The van der Waals surface area contributed by atoms with Gasteiger partial charge in [-0.25, -0.2) is 0 Å². The van der Waals surface area contributed by atoms with Crippen LogP contribution < -0.4 is 0 Å². The van der Waals surface area contributed by atoms with E-state index in [2.05, 4.69) is 30.0 Å². The highest BCUT2D eigenvalue weighted by Gasteiger charge is 2.20. The number of rotatable bonds is 0. The van der Waals surface area contributed by atoms with E-state index in [1.807, 2.05) is 6.07 Å². The van der Waals surface area contributed by atoms with E-state index in [0.717, 1.165) is 19.3 Å². The molecular weight excluding hydrogens is 156 g/mol. The van der Waals surface area contributed by atoms with Gasteiger partial charge in [-0.3, -0.25) is 0 Å². The number of allylic oxidation sites excluding steroid dienone is 2. The zero-order valence-corrected chi connectivity index (χ0v) is 7.28. The zero-order chi connectivity index (χ0) is 8.67. The van der Waals surface area contributed by atoms with Crippen molar-refractivity contribution in [1.29, 1.82) is 0 Å². The Bertz CT molecular complexity index is 452. The number of hydrogen-bond acceptors (Lipinski definition) is 0. The fraction of sp³-hybridized carbons (Fsp3) is 0.231. The Kier molecular flexibility index (Phi) is 1.26.